The van der Waals surface area contributed by atoms with Gasteiger partial charge in [-0.2, -0.15) is 0 Å². The Morgan fingerprint density at radius 3 is 2.12 bits per heavy atom. The summed E-state index contributed by atoms with van der Waals surface area (Å²) in [5, 5.41) is 8.86. The number of carbonyl (C=O) groups excluding carboxylic acids is 2. The summed E-state index contributed by atoms with van der Waals surface area (Å²) in [5.41, 5.74) is 0.410. The van der Waals surface area contributed by atoms with Gasteiger partial charge in [-0.3, -0.25) is 9.59 Å². The van der Waals surface area contributed by atoms with Crippen LogP contribution in [-0.2, 0) is 14.8 Å². The van der Waals surface area contributed by atoms with Crippen LogP contribution in [-0.4, -0.2) is 74.0 Å². The molecule has 1 aromatic carbocycles. The number of sulfonamides is 1. The SMILES string of the molecule is O=C(CO)N1CCN(C(=O)c2ccc(S(=O)(=O)NC3CC3)cc2)CC1. The molecule has 0 atom stereocenters. The molecule has 9 heteroatoms. The Kier molecular flexibility index (Phi) is 5.07. The average molecular weight is 367 g/mol. The Morgan fingerprint density at radius 1 is 1.04 bits per heavy atom. The van der Waals surface area contributed by atoms with Crippen LogP contribution in [0.3, 0.4) is 0 Å². The normalized spacial score (nSPS) is 18.3. The number of amides is 2. The first-order valence-corrected chi connectivity index (χ1v) is 9.69. The van der Waals surface area contributed by atoms with Crippen LogP contribution in [0.2, 0.25) is 0 Å². The van der Waals surface area contributed by atoms with Crippen LogP contribution >= 0.6 is 0 Å². The Hall–Kier alpha value is -1.97. The van der Waals surface area contributed by atoms with Crippen molar-refractivity contribution in [1.29, 1.82) is 0 Å². The van der Waals surface area contributed by atoms with E-state index >= 15 is 0 Å². The van der Waals surface area contributed by atoms with Gasteiger partial charge < -0.3 is 14.9 Å². The van der Waals surface area contributed by atoms with Crippen molar-refractivity contribution in [2.24, 2.45) is 0 Å². The maximum Gasteiger partial charge on any atom is 0.253 e. The monoisotopic (exact) mass is 367 g/mol. The molecule has 0 radical (unpaired) electrons. The molecule has 0 aromatic heterocycles. The number of nitrogens with zero attached hydrogens (tertiary/aromatic N) is 2. The predicted octanol–water partition coefficient (Wildman–Crippen LogP) is -0.596. The van der Waals surface area contributed by atoms with Crippen molar-refractivity contribution in [2.45, 2.75) is 23.8 Å². The van der Waals surface area contributed by atoms with Crippen molar-refractivity contribution in [3.63, 3.8) is 0 Å². The molecule has 2 aliphatic rings. The highest BCUT2D eigenvalue weighted by Gasteiger charge is 2.28. The smallest absolute Gasteiger partial charge is 0.253 e. The average Bonchev–Trinajstić information content (AvgIpc) is 3.44. The summed E-state index contributed by atoms with van der Waals surface area (Å²) in [6.07, 6.45) is 1.72. The zero-order chi connectivity index (χ0) is 18.0. The topological polar surface area (TPSA) is 107 Å². The minimum Gasteiger partial charge on any atom is -0.387 e. The fourth-order valence-corrected chi connectivity index (χ4v) is 4.01. The number of rotatable bonds is 5. The van der Waals surface area contributed by atoms with E-state index in [2.05, 4.69) is 4.72 Å². The third kappa shape index (κ3) is 4.17. The summed E-state index contributed by atoms with van der Waals surface area (Å²) in [5.74, 6) is -0.542. The number of hydrogen-bond acceptors (Lipinski definition) is 5. The second kappa shape index (κ2) is 7.11. The molecule has 1 saturated carbocycles. The summed E-state index contributed by atoms with van der Waals surface area (Å²) < 4.78 is 26.9. The van der Waals surface area contributed by atoms with Gasteiger partial charge >= 0.3 is 0 Å². The summed E-state index contributed by atoms with van der Waals surface area (Å²) in [6, 6.07) is 5.92. The molecule has 0 unspecified atom stereocenters. The molecule has 2 fully saturated rings. The third-order valence-electron chi connectivity index (χ3n) is 4.37. The molecule has 1 aliphatic heterocycles. The number of benzene rings is 1. The molecule has 3 rings (SSSR count). The van der Waals surface area contributed by atoms with Gasteiger partial charge in [0.15, 0.2) is 0 Å². The van der Waals surface area contributed by atoms with E-state index in [1.54, 1.807) is 4.90 Å². The van der Waals surface area contributed by atoms with Gasteiger partial charge in [0.25, 0.3) is 5.91 Å². The Morgan fingerprint density at radius 2 is 1.60 bits per heavy atom. The van der Waals surface area contributed by atoms with Crippen LogP contribution in [0.15, 0.2) is 29.2 Å². The van der Waals surface area contributed by atoms with Crippen LogP contribution < -0.4 is 4.72 Å². The summed E-state index contributed by atoms with van der Waals surface area (Å²) in [4.78, 5) is 27.2. The van der Waals surface area contributed by atoms with Crippen molar-refractivity contribution in [3.05, 3.63) is 29.8 Å². The zero-order valence-corrected chi connectivity index (χ0v) is 14.5. The first-order chi connectivity index (χ1) is 11.9. The highest BCUT2D eigenvalue weighted by molar-refractivity contribution is 7.89. The lowest BCUT2D eigenvalue weighted by Gasteiger charge is -2.34. The van der Waals surface area contributed by atoms with Gasteiger partial charge in [0.05, 0.1) is 4.90 Å². The van der Waals surface area contributed by atoms with E-state index in [1.807, 2.05) is 0 Å². The van der Waals surface area contributed by atoms with Crippen molar-refractivity contribution in [3.8, 4) is 0 Å². The van der Waals surface area contributed by atoms with E-state index in [0.29, 0.717) is 31.7 Å². The van der Waals surface area contributed by atoms with E-state index in [9.17, 15) is 18.0 Å². The zero-order valence-electron chi connectivity index (χ0n) is 13.7. The minimum absolute atomic E-state index is 0.0317. The highest BCUT2D eigenvalue weighted by atomic mass is 32.2. The quantitative estimate of drug-likeness (QED) is 0.723. The number of hydrogen-bond donors (Lipinski definition) is 2. The molecule has 8 nitrogen and oxygen atoms in total. The number of aliphatic hydroxyl groups is 1. The van der Waals surface area contributed by atoms with Gasteiger partial charge in [-0.25, -0.2) is 13.1 Å². The predicted molar refractivity (Wildman–Crippen MR) is 89.4 cm³/mol. The van der Waals surface area contributed by atoms with Crippen molar-refractivity contribution in [2.75, 3.05) is 32.8 Å². The van der Waals surface area contributed by atoms with E-state index in [0.717, 1.165) is 12.8 Å². The van der Waals surface area contributed by atoms with Gasteiger partial charge in [-0.05, 0) is 37.1 Å². The summed E-state index contributed by atoms with van der Waals surface area (Å²) >= 11 is 0. The summed E-state index contributed by atoms with van der Waals surface area (Å²) in [7, 11) is -3.53. The molecule has 1 aromatic rings. The van der Waals surface area contributed by atoms with E-state index in [-0.39, 0.29) is 22.8 Å². The van der Waals surface area contributed by atoms with Crippen molar-refractivity contribution < 1.29 is 23.1 Å². The Labute approximate surface area is 146 Å². The van der Waals surface area contributed by atoms with Crippen molar-refractivity contribution in [1.82, 2.24) is 14.5 Å². The van der Waals surface area contributed by atoms with Crippen LogP contribution in [0.1, 0.15) is 23.2 Å². The number of carbonyl (C=O) groups is 2. The van der Waals surface area contributed by atoms with E-state index in [1.165, 1.54) is 29.2 Å². The molecule has 0 spiro atoms. The van der Waals surface area contributed by atoms with E-state index < -0.39 is 16.6 Å². The lowest BCUT2D eigenvalue weighted by atomic mass is 10.2. The van der Waals surface area contributed by atoms with Crippen LogP contribution in [0.5, 0.6) is 0 Å². The van der Waals surface area contributed by atoms with E-state index in [4.69, 9.17) is 5.11 Å². The fraction of sp³-hybridized carbons (Fsp3) is 0.500. The van der Waals surface area contributed by atoms with Crippen LogP contribution in [0, 0.1) is 0 Å². The number of aliphatic hydroxyl groups excluding tert-OH is 1. The molecule has 2 amide bonds. The molecule has 136 valence electrons. The molecule has 1 saturated heterocycles. The number of piperazine rings is 1. The highest BCUT2D eigenvalue weighted by Crippen LogP contribution is 2.22. The van der Waals surface area contributed by atoms with Crippen molar-refractivity contribution >= 4 is 21.8 Å². The van der Waals surface area contributed by atoms with Gasteiger partial charge in [-0.1, -0.05) is 0 Å². The van der Waals surface area contributed by atoms with Gasteiger partial charge in [0.1, 0.15) is 6.61 Å². The maximum absolute atomic E-state index is 12.5. The molecule has 1 aliphatic carbocycles. The Bertz CT molecular complexity index is 750. The molecular weight excluding hydrogens is 346 g/mol. The Balaban J connectivity index is 1.62. The minimum atomic E-state index is -3.53. The molecule has 2 N–H and O–H groups in total. The fourth-order valence-electron chi connectivity index (χ4n) is 2.71. The first-order valence-electron chi connectivity index (χ1n) is 8.21. The third-order valence-corrected chi connectivity index (χ3v) is 5.90. The molecule has 0 bridgehead atoms. The first kappa shape index (κ1) is 17.8. The largest absolute Gasteiger partial charge is 0.387 e. The van der Waals surface area contributed by atoms with Crippen LogP contribution in [0.25, 0.3) is 0 Å². The summed E-state index contributed by atoms with van der Waals surface area (Å²) in [6.45, 7) is 0.992. The molecule has 1 heterocycles. The van der Waals surface area contributed by atoms with Crippen LogP contribution in [0.4, 0.5) is 0 Å². The van der Waals surface area contributed by atoms with Gasteiger partial charge in [0.2, 0.25) is 15.9 Å². The second-order valence-corrected chi connectivity index (χ2v) is 7.97. The molecular formula is C16H21N3O5S. The lowest BCUT2D eigenvalue weighted by molar-refractivity contribution is -0.135. The standard InChI is InChI=1S/C16H21N3O5S/c20-11-15(21)18-7-9-19(10-8-18)16(22)12-1-5-14(6-2-12)25(23,24)17-13-3-4-13/h1-2,5-6,13,17,20H,3-4,7-11H2. The van der Waals surface area contributed by atoms with Gasteiger partial charge in [-0.15, -0.1) is 0 Å². The number of nitrogens with one attached hydrogen (secondary N) is 1. The van der Waals surface area contributed by atoms with Gasteiger partial charge in [0, 0.05) is 37.8 Å². The molecule has 25 heavy (non-hydrogen) atoms. The lowest BCUT2D eigenvalue weighted by Crippen LogP contribution is -2.51. The second-order valence-electron chi connectivity index (χ2n) is 6.25. The maximum atomic E-state index is 12.5.